The molecule has 0 aromatic heterocycles. The summed E-state index contributed by atoms with van der Waals surface area (Å²) in [4.78, 5) is 22.4. The molecule has 1 aromatic carbocycles. The molecule has 0 saturated carbocycles. The molecule has 0 saturated heterocycles. The van der Waals surface area contributed by atoms with Crippen LogP contribution < -0.4 is 10.6 Å². The van der Waals surface area contributed by atoms with E-state index < -0.39 is 0 Å². The molecule has 94 valence electrons. The molecule has 0 aliphatic carbocycles. The summed E-state index contributed by atoms with van der Waals surface area (Å²) in [6.07, 6.45) is 0.285. The van der Waals surface area contributed by atoms with Gasteiger partial charge in [-0.1, -0.05) is 12.1 Å². The monoisotopic (exact) mass is 245 g/mol. The predicted octanol–water partition coefficient (Wildman–Crippen LogP) is 0.619. The molecule has 5 nitrogen and oxygen atoms in total. The molecular formula is C13H15N3O2. The van der Waals surface area contributed by atoms with E-state index in [1.54, 1.807) is 24.3 Å². The summed E-state index contributed by atoms with van der Waals surface area (Å²) in [6, 6.07) is 8.96. The van der Waals surface area contributed by atoms with Crippen LogP contribution >= 0.6 is 0 Å². The molecule has 2 N–H and O–H groups in total. The number of nitriles is 1. The molecule has 2 amide bonds. The van der Waals surface area contributed by atoms with Crippen LogP contribution in [-0.2, 0) is 11.2 Å². The van der Waals surface area contributed by atoms with E-state index in [1.807, 2.05) is 6.07 Å². The smallest absolute Gasteiger partial charge is 0.251 e. The molecule has 0 fully saturated rings. The first-order valence-electron chi connectivity index (χ1n) is 5.62. The van der Waals surface area contributed by atoms with Gasteiger partial charge in [0.1, 0.15) is 0 Å². The Kier molecular flexibility index (Phi) is 5.39. The van der Waals surface area contributed by atoms with Gasteiger partial charge in [-0.25, -0.2) is 0 Å². The molecule has 0 heterocycles. The van der Waals surface area contributed by atoms with Gasteiger partial charge in [-0.15, -0.1) is 0 Å². The van der Waals surface area contributed by atoms with E-state index >= 15 is 0 Å². The van der Waals surface area contributed by atoms with Crippen molar-refractivity contribution in [2.45, 2.75) is 13.3 Å². The standard InChI is InChI=1S/C13H15N3O2/c1-10(17)15-7-8-16-13(18)12-4-2-3-11(9-12)5-6-14/h2-4,9H,5,7-8H2,1H3,(H,15,17)(H,16,18). The van der Waals surface area contributed by atoms with Crippen molar-refractivity contribution >= 4 is 11.8 Å². The minimum Gasteiger partial charge on any atom is -0.355 e. The van der Waals surface area contributed by atoms with Crippen LogP contribution in [-0.4, -0.2) is 24.9 Å². The van der Waals surface area contributed by atoms with Crippen LogP contribution in [0.4, 0.5) is 0 Å². The maximum absolute atomic E-state index is 11.7. The summed E-state index contributed by atoms with van der Waals surface area (Å²) < 4.78 is 0. The molecule has 0 aliphatic rings. The Morgan fingerprint density at radius 3 is 2.67 bits per heavy atom. The highest BCUT2D eigenvalue weighted by atomic mass is 16.2. The Labute approximate surface area is 106 Å². The molecule has 0 atom stereocenters. The van der Waals surface area contributed by atoms with Crippen molar-refractivity contribution in [3.63, 3.8) is 0 Å². The van der Waals surface area contributed by atoms with E-state index in [0.717, 1.165) is 5.56 Å². The Bertz CT molecular complexity index is 477. The second-order valence-electron chi connectivity index (χ2n) is 3.77. The summed E-state index contributed by atoms with van der Waals surface area (Å²) in [5.41, 5.74) is 1.33. The number of carbonyl (C=O) groups excluding carboxylic acids is 2. The Morgan fingerprint density at radius 2 is 2.00 bits per heavy atom. The van der Waals surface area contributed by atoms with Gasteiger partial charge in [0.15, 0.2) is 0 Å². The first kappa shape index (κ1) is 13.7. The van der Waals surface area contributed by atoms with Crippen molar-refractivity contribution in [3.8, 4) is 6.07 Å². The largest absolute Gasteiger partial charge is 0.355 e. The number of rotatable bonds is 5. The molecule has 0 unspecified atom stereocenters. The van der Waals surface area contributed by atoms with Gasteiger partial charge in [-0.2, -0.15) is 5.26 Å². The van der Waals surface area contributed by atoms with Gasteiger partial charge in [0.05, 0.1) is 12.5 Å². The quantitative estimate of drug-likeness (QED) is 0.746. The van der Waals surface area contributed by atoms with Crippen LogP contribution in [0.15, 0.2) is 24.3 Å². The lowest BCUT2D eigenvalue weighted by Crippen LogP contribution is -2.33. The molecular weight excluding hydrogens is 230 g/mol. The highest BCUT2D eigenvalue weighted by molar-refractivity contribution is 5.94. The lowest BCUT2D eigenvalue weighted by Gasteiger charge is -2.06. The summed E-state index contributed by atoms with van der Waals surface area (Å²) in [7, 11) is 0. The molecule has 1 rings (SSSR count). The minimum atomic E-state index is -0.208. The first-order valence-corrected chi connectivity index (χ1v) is 5.62. The van der Waals surface area contributed by atoms with E-state index in [1.165, 1.54) is 6.92 Å². The Hall–Kier alpha value is -2.35. The SMILES string of the molecule is CC(=O)NCCNC(=O)c1cccc(CC#N)c1. The van der Waals surface area contributed by atoms with Crippen molar-refractivity contribution in [2.24, 2.45) is 0 Å². The summed E-state index contributed by atoms with van der Waals surface area (Å²) in [5.74, 6) is -0.333. The third kappa shape index (κ3) is 4.66. The number of nitrogens with zero attached hydrogens (tertiary/aromatic N) is 1. The van der Waals surface area contributed by atoms with E-state index in [4.69, 9.17) is 5.26 Å². The van der Waals surface area contributed by atoms with Gasteiger partial charge >= 0.3 is 0 Å². The van der Waals surface area contributed by atoms with E-state index in [-0.39, 0.29) is 18.2 Å². The van der Waals surface area contributed by atoms with Gasteiger partial charge in [0, 0.05) is 25.6 Å². The normalized spacial score (nSPS) is 9.33. The van der Waals surface area contributed by atoms with E-state index in [2.05, 4.69) is 10.6 Å². The van der Waals surface area contributed by atoms with Crippen molar-refractivity contribution in [1.29, 1.82) is 5.26 Å². The fourth-order valence-electron chi connectivity index (χ4n) is 1.43. The van der Waals surface area contributed by atoms with Crippen LogP contribution in [0.5, 0.6) is 0 Å². The lowest BCUT2D eigenvalue weighted by atomic mass is 10.1. The number of benzene rings is 1. The Balaban J connectivity index is 2.48. The zero-order chi connectivity index (χ0) is 13.4. The third-order valence-electron chi connectivity index (χ3n) is 2.26. The third-order valence-corrected chi connectivity index (χ3v) is 2.26. The van der Waals surface area contributed by atoms with E-state index in [0.29, 0.717) is 18.7 Å². The fourth-order valence-corrected chi connectivity index (χ4v) is 1.43. The van der Waals surface area contributed by atoms with Gasteiger partial charge in [-0.3, -0.25) is 9.59 Å². The number of hydrogen-bond donors (Lipinski definition) is 2. The maximum atomic E-state index is 11.7. The number of hydrogen-bond acceptors (Lipinski definition) is 3. The van der Waals surface area contributed by atoms with Gasteiger partial charge in [-0.05, 0) is 17.7 Å². The summed E-state index contributed by atoms with van der Waals surface area (Å²) in [6.45, 7) is 2.20. The average molecular weight is 245 g/mol. The van der Waals surface area contributed by atoms with Crippen molar-refractivity contribution < 1.29 is 9.59 Å². The van der Waals surface area contributed by atoms with Crippen LogP contribution in [0.2, 0.25) is 0 Å². The summed E-state index contributed by atoms with van der Waals surface area (Å²) in [5, 5.41) is 13.9. The van der Waals surface area contributed by atoms with Gasteiger partial charge in [0.2, 0.25) is 5.91 Å². The predicted molar refractivity (Wildman–Crippen MR) is 66.8 cm³/mol. The fraction of sp³-hybridized carbons (Fsp3) is 0.308. The average Bonchev–Trinajstić information content (AvgIpc) is 2.35. The maximum Gasteiger partial charge on any atom is 0.251 e. The molecule has 0 spiro atoms. The Morgan fingerprint density at radius 1 is 1.28 bits per heavy atom. The second kappa shape index (κ2) is 7.07. The van der Waals surface area contributed by atoms with E-state index in [9.17, 15) is 9.59 Å². The van der Waals surface area contributed by atoms with Crippen LogP contribution in [0, 0.1) is 11.3 Å². The molecule has 0 aliphatic heterocycles. The minimum absolute atomic E-state index is 0.125. The van der Waals surface area contributed by atoms with Crippen molar-refractivity contribution in [1.82, 2.24) is 10.6 Å². The molecule has 0 bridgehead atoms. The summed E-state index contributed by atoms with van der Waals surface area (Å²) >= 11 is 0. The highest BCUT2D eigenvalue weighted by Gasteiger charge is 2.05. The topological polar surface area (TPSA) is 82.0 Å². The molecule has 5 heteroatoms. The first-order chi connectivity index (χ1) is 8.63. The lowest BCUT2D eigenvalue weighted by molar-refractivity contribution is -0.118. The number of nitrogens with one attached hydrogen (secondary N) is 2. The molecule has 1 aromatic rings. The molecule has 18 heavy (non-hydrogen) atoms. The highest BCUT2D eigenvalue weighted by Crippen LogP contribution is 2.05. The van der Waals surface area contributed by atoms with Gasteiger partial charge < -0.3 is 10.6 Å². The molecule has 0 radical (unpaired) electrons. The van der Waals surface area contributed by atoms with Crippen molar-refractivity contribution in [2.75, 3.05) is 13.1 Å². The second-order valence-corrected chi connectivity index (χ2v) is 3.77. The van der Waals surface area contributed by atoms with Gasteiger partial charge in [0.25, 0.3) is 5.91 Å². The van der Waals surface area contributed by atoms with Crippen LogP contribution in [0.1, 0.15) is 22.8 Å². The van der Waals surface area contributed by atoms with Crippen LogP contribution in [0.25, 0.3) is 0 Å². The van der Waals surface area contributed by atoms with Crippen LogP contribution in [0.3, 0.4) is 0 Å². The number of amides is 2. The zero-order valence-electron chi connectivity index (χ0n) is 10.2. The number of carbonyl (C=O) groups is 2. The van der Waals surface area contributed by atoms with Crippen molar-refractivity contribution in [3.05, 3.63) is 35.4 Å². The zero-order valence-corrected chi connectivity index (χ0v) is 10.2.